The van der Waals surface area contributed by atoms with Crippen LogP contribution in [0.4, 0.5) is 5.13 Å². The molecule has 0 bridgehead atoms. The lowest BCUT2D eigenvalue weighted by atomic mass is 10.2. The number of methoxy groups -OCH3 is 1. The third kappa shape index (κ3) is 5.91. The number of carbonyl (C=O) groups excluding carboxylic acids is 1. The van der Waals surface area contributed by atoms with E-state index in [1.165, 1.54) is 16.2 Å². The minimum Gasteiger partial charge on any atom is -0.494 e. The summed E-state index contributed by atoms with van der Waals surface area (Å²) in [6.07, 6.45) is 0. The Morgan fingerprint density at radius 1 is 1.03 bits per heavy atom. The maximum absolute atomic E-state index is 12.8. The highest BCUT2D eigenvalue weighted by Gasteiger charge is 2.21. The molecule has 0 fully saturated rings. The van der Waals surface area contributed by atoms with Crippen molar-refractivity contribution >= 4 is 34.0 Å². The van der Waals surface area contributed by atoms with Crippen molar-refractivity contribution < 1.29 is 19.0 Å². The number of anilines is 1. The summed E-state index contributed by atoms with van der Waals surface area (Å²) in [6.45, 7) is 3.12. The van der Waals surface area contributed by atoms with Crippen LogP contribution in [-0.2, 0) is 9.53 Å². The lowest BCUT2D eigenvalue weighted by molar-refractivity contribution is -0.120. The van der Waals surface area contributed by atoms with Crippen LogP contribution in [0.25, 0.3) is 10.6 Å². The summed E-state index contributed by atoms with van der Waals surface area (Å²) in [5, 5.41) is 10.2. The number of amides is 1. The van der Waals surface area contributed by atoms with Crippen molar-refractivity contribution in [1.29, 1.82) is 0 Å². The van der Waals surface area contributed by atoms with Crippen molar-refractivity contribution in [3.63, 3.8) is 0 Å². The zero-order chi connectivity index (χ0) is 21.3. The van der Waals surface area contributed by atoms with E-state index in [0.29, 0.717) is 40.7 Å². The molecule has 0 radical (unpaired) electrons. The Bertz CT molecular complexity index is 948. The van der Waals surface area contributed by atoms with Gasteiger partial charge < -0.3 is 14.2 Å². The fraction of sp³-hybridized carbons (Fsp3) is 0.286. The molecule has 0 unspecified atom stereocenters. The topological polar surface area (TPSA) is 73.8 Å². The molecule has 1 aromatic heterocycles. The number of carbonyl (C=O) groups is 1. The molecule has 3 aromatic rings. The second kappa shape index (κ2) is 10.9. The Morgan fingerprint density at radius 3 is 2.37 bits per heavy atom. The van der Waals surface area contributed by atoms with Crippen molar-refractivity contribution in [3.05, 3.63) is 53.6 Å². The van der Waals surface area contributed by atoms with E-state index in [2.05, 4.69) is 10.2 Å². The zero-order valence-corrected chi connectivity index (χ0v) is 18.3. The van der Waals surface area contributed by atoms with Gasteiger partial charge in [-0.2, -0.15) is 0 Å². The van der Waals surface area contributed by atoms with Crippen LogP contribution in [0.1, 0.15) is 6.92 Å². The standard InChI is InChI=1S/C21H22ClN3O4S/c1-3-28-17-8-4-15(5-9-17)20-23-24-21(30-20)25(12-13-27-2)19(26)14-29-18-10-6-16(22)7-11-18/h4-11H,3,12-14H2,1-2H3. The van der Waals surface area contributed by atoms with Gasteiger partial charge in [-0.1, -0.05) is 22.9 Å². The Balaban J connectivity index is 1.71. The molecule has 1 heterocycles. The zero-order valence-electron chi connectivity index (χ0n) is 16.7. The summed E-state index contributed by atoms with van der Waals surface area (Å²) >= 11 is 7.20. The van der Waals surface area contributed by atoms with Gasteiger partial charge in [0.25, 0.3) is 5.91 Å². The molecule has 0 saturated carbocycles. The van der Waals surface area contributed by atoms with E-state index in [0.717, 1.165) is 11.3 Å². The second-order valence-electron chi connectivity index (χ2n) is 6.13. The fourth-order valence-corrected chi connectivity index (χ4v) is 3.58. The van der Waals surface area contributed by atoms with Crippen LogP contribution in [0.2, 0.25) is 5.02 Å². The predicted octanol–water partition coefficient (Wildman–Crippen LogP) is 4.32. The molecule has 0 N–H and O–H groups in total. The first-order valence-electron chi connectivity index (χ1n) is 9.35. The Hall–Kier alpha value is -2.68. The van der Waals surface area contributed by atoms with Crippen LogP contribution in [0.3, 0.4) is 0 Å². The van der Waals surface area contributed by atoms with Crippen molar-refractivity contribution in [2.75, 3.05) is 38.4 Å². The van der Waals surface area contributed by atoms with Crippen LogP contribution in [0.5, 0.6) is 11.5 Å². The molecular formula is C21H22ClN3O4S. The molecule has 0 aliphatic heterocycles. The minimum atomic E-state index is -0.239. The summed E-state index contributed by atoms with van der Waals surface area (Å²) in [6, 6.07) is 14.4. The first-order valence-corrected chi connectivity index (χ1v) is 10.5. The van der Waals surface area contributed by atoms with Gasteiger partial charge in [0.2, 0.25) is 5.13 Å². The molecule has 0 spiro atoms. The molecular weight excluding hydrogens is 426 g/mol. The van der Waals surface area contributed by atoms with Gasteiger partial charge in [0, 0.05) is 17.7 Å². The minimum absolute atomic E-state index is 0.136. The predicted molar refractivity (Wildman–Crippen MR) is 118 cm³/mol. The van der Waals surface area contributed by atoms with E-state index in [-0.39, 0.29) is 12.5 Å². The fourth-order valence-electron chi connectivity index (χ4n) is 2.57. The summed E-state index contributed by atoms with van der Waals surface area (Å²) in [5.41, 5.74) is 0.902. The smallest absolute Gasteiger partial charge is 0.266 e. The van der Waals surface area contributed by atoms with Crippen molar-refractivity contribution in [3.8, 4) is 22.1 Å². The van der Waals surface area contributed by atoms with Gasteiger partial charge in [0.15, 0.2) is 6.61 Å². The van der Waals surface area contributed by atoms with Crippen molar-refractivity contribution in [1.82, 2.24) is 10.2 Å². The summed E-state index contributed by atoms with van der Waals surface area (Å²) in [7, 11) is 1.58. The van der Waals surface area contributed by atoms with Crippen LogP contribution < -0.4 is 14.4 Å². The quantitative estimate of drug-likeness (QED) is 0.461. The van der Waals surface area contributed by atoms with Crippen molar-refractivity contribution in [2.45, 2.75) is 6.92 Å². The molecule has 0 saturated heterocycles. The van der Waals surface area contributed by atoms with Gasteiger partial charge in [0.05, 0.1) is 19.8 Å². The number of hydrogen-bond donors (Lipinski definition) is 0. The van der Waals surface area contributed by atoms with Gasteiger partial charge in [0.1, 0.15) is 16.5 Å². The number of nitrogens with zero attached hydrogens (tertiary/aromatic N) is 3. The van der Waals surface area contributed by atoms with Crippen LogP contribution >= 0.6 is 22.9 Å². The molecule has 158 valence electrons. The monoisotopic (exact) mass is 447 g/mol. The third-order valence-electron chi connectivity index (χ3n) is 4.05. The van der Waals surface area contributed by atoms with E-state index in [9.17, 15) is 4.79 Å². The van der Waals surface area contributed by atoms with Crippen LogP contribution in [0.15, 0.2) is 48.5 Å². The number of benzene rings is 2. The molecule has 0 aliphatic rings. The van der Waals surface area contributed by atoms with E-state index >= 15 is 0 Å². The van der Waals surface area contributed by atoms with E-state index in [1.54, 1.807) is 31.4 Å². The largest absolute Gasteiger partial charge is 0.494 e. The normalized spacial score (nSPS) is 10.6. The molecule has 0 aliphatic carbocycles. The second-order valence-corrected chi connectivity index (χ2v) is 7.52. The molecule has 1 amide bonds. The molecule has 30 heavy (non-hydrogen) atoms. The Labute approximate surface area is 184 Å². The molecule has 9 heteroatoms. The van der Waals surface area contributed by atoms with Gasteiger partial charge in [-0.05, 0) is 55.5 Å². The maximum Gasteiger partial charge on any atom is 0.266 e. The van der Waals surface area contributed by atoms with Crippen molar-refractivity contribution in [2.24, 2.45) is 0 Å². The SMILES string of the molecule is CCOc1ccc(-c2nnc(N(CCOC)C(=O)COc3ccc(Cl)cc3)s2)cc1. The first kappa shape index (κ1) is 22.0. The average Bonchev–Trinajstić information content (AvgIpc) is 3.24. The highest BCUT2D eigenvalue weighted by atomic mass is 35.5. The van der Waals surface area contributed by atoms with E-state index in [1.807, 2.05) is 31.2 Å². The molecule has 7 nitrogen and oxygen atoms in total. The van der Waals surface area contributed by atoms with Crippen LogP contribution in [-0.4, -0.2) is 49.6 Å². The molecule has 2 aromatic carbocycles. The number of ether oxygens (including phenoxy) is 3. The van der Waals surface area contributed by atoms with Crippen LogP contribution in [0, 0.1) is 0 Å². The van der Waals surface area contributed by atoms with Gasteiger partial charge in [-0.25, -0.2) is 0 Å². The number of aromatic nitrogens is 2. The summed E-state index contributed by atoms with van der Waals surface area (Å²) in [5.74, 6) is 1.12. The first-order chi connectivity index (χ1) is 14.6. The number of hydrogen-bond acceptors (Lipinski definition) is 7. The lowest BCUT2D eigenvalue weighted by Gasteiger charge is -2.19. The number of rotatable bonds is 10. The lowest BCUT2D eigenvalue weighted by Crippen LogP contribution is -2.37. The Morgan fingerprint density at radius 2 is 1.70 bits per heavy atom. The van der Waals surface area contributed by atoms with Gasteiger partial charge in [-0.15, -0.1) is 10.2 Å². The van der Waals surface area contributed by atoms with E-state index in [4.69, 9.17) is 25.8 Å². The summed E-state index contributed by atoms with van der Waals surface area (Å²) in [4.78, 5) is 14.3. The Kier molecular flexibility index (Phi) is 8.01. The van der Waals surface area contributed by atoms with Gasteiger partial charge in [-0.3, -0.25) is 9.69 Å². The average molecular weight is 448 g/mol. The maximum atomic E-state index is 12.8. The van der Waals surface area contributed by atoms with E-state index < -0.39 is 0 Å². The summed E-state index contributed by atoms with van der Waals surface area (Å²) < 4.78 is 16.2. The van der Waals surface area contributed by atoms with Gasteiger partial charge >= 0.3 is 0 Å². The third-order valence-corrected chi connectivity index (χ3v) is 5.30. The highest BCUT2D eigenvalue weighted by Crippen LogP contribution is 2.30. The number of halogens is 1. The molecule has 0 atom stereocenters. The highest BCUT2D eigenvalue weighted by molar-refractivity contribution is 7.18. The molecule has 3 rings (SSSR count).